The van der Waals surface area contributed by atoms with Gasteiger partial charge in [0.1, 0.15) is 0 Å². The minimum Gasteiger partial charge on any atom is -0.481 e. The molecule has 0 aliphatic heterocycles. The summed E-state index contributed by atoms with van der Waals surface area (Å²) in [5, 5.41) is 9.69. The molecule has 0 aliphatic rings. The van der Waals surface area contributed by atoms with Crippen LogP contribution in [0.1, 0.15) is 22.3 Å². The van der Waals surface area contributed by atoms with E-state index in [1.54, 1.807) is 6.07 Å². The van der Waals surface area contributed by atoms with Gasteiger partial charge in [0.25, 0.3) is 0 Å². The maximum atomic E-state index is 12.6. The molecule has 22 heavy (non-hydrogen) atoms. The molecule has 0 amide bonds. The number of carboxylic acids is 1. The number of carbonyl (C=O) groups excluding carboxylic acids is 1. The van der Waals surface area contributed by atoms with Gasteiger partial charge < -0.3 is 5.11 Å². The third-order valence-electron chi connectivity index (χ3n) is 3.32. The van der Waals surface area contributed by atoms with Gasteiger partial charge in [-0.1, -0.05) is 53.5 Å². The summed E-state index contributed by atoms with van der Waals surface area (Å²) in [6.07, 6.45) is 0.139. The van der Waals surface area contributed by atoms with Crippen LogP contribution in [0.3, 0.4) is 0 Å². The van der Waals surface area contributed by atoms with Crippen molar-refractivity contribution >= 4 is 35.0 Å². The van der Waals surface area contributed by atoms with E-state index in [0.29, 0.717) is 17.0 Å². The first-order chi connectivity index (χ1) is 10.5. The lowest BCUT2D eigenvalue weighted by Crippen LogP contribution is -2.21. The van der Waals surface area contributed by atoms with Crippen LogP contribution in [0.25, 0.3) is 0 Å². The van der Waals surface area contributed by atoms with Gasteiger partial charge in [0.15, 0.2) is 5.78 Å². The smallest absolute Gasteiger partial charge is 0.304 e. The number of hydrogen-bond acceptors (Lipinski definition) is 2. The Morgan fingerprint density at radius 2 is 1.68 bits per heavy atom. The molecule has 1 unspecified atom stereocenters. The van der Waals surface area contributed by atoms with E-state index in [0.717, 1.165) is 5.56 Å². The fraction of sp³-hybridized carbons (Fsp3) is 0.176. The highest BCUT2D eigenvalue weighted by molar-refractivity contribution is 6.42. The molecule has 1 N–H and O–H groups in total. The van der Waals surface area contributed by atoms with E-state index in [-0.39, 0.29) is 17.2 Å². The first kappa shape index (κ1) is 16.5. The SMILES string of the molecule is O=C(O)CC(Cc1ccccc1)C(=O)c1ccc(Cl)c(Cl)c1. The first-order valence-corrected chi connectivity index (χ1v) is 7.48. The van der Waals surface area contributed by atoms with E-state index in [2.05, 4.69) is 0 Å². The second kappa shape index (κ2) is 7.43. The van der Waals surface area contributed by atoms with Crippen molar-refractivity contribution in [3.05, 3.63) is 69.7 Å². The number of hydrogen-bond donors (Lipinski definition) is 1. The molecular formula is C17H14Cl2O3. The van der Waals surface area contributed by atoms with Gasteiger partial charge in [-0.15, -0.1) is 0 Å². The van der Waals surface area contributed by atoms with Crippen molar-refractivity contribution in [2.24, 2.45) is 5.92 Å². The fourth-order valence-electron chi connectivity index (χ4n) is 2.25. The zero-order chi connectivity index (χ0) is 16.1. The van der Waals surface area contributed by atoms with Crippen molar-refractivity contribution in [2.75, 3.05) is 0 Å². The van der Waals surface area contributed by atoms with Crippen molar-refractivity contribution in [2.45, 2.75) is 12.8 Å². The van der Waals surface area contributed by atoms with Gasteiger partial charge >= 0.3 is 5.97 Å². The molecular weight excluding hydrogens is 323 g/mol. The van der Waals surface area contributed by atoms with Crippen LogP contribution in [0.2, 0.25) is 10.0 Å². The Hall–Kier alpha value is -1.84. The van der Waals surface area contributed by atoms with E-state index in [4.69, 9.17) is 28.3 Å². The summed E-state index contributed by atoms with van der Waals surface area (Å²) in [6, 6.07) is 13.9. The zero-order valence-corrected chi connectivity index (χ0v) is 13.1. The summed E-state index contributed by atoms with van der Waals surface area (Å²) >= 11 is 11.8. The van der Waals surface area contributed by atoms with Crippen LogP contribution in [-0.2, 0) is 11.2 Å². The van der Waals surface area contributed by atoms with Gasteiger partial charge in [-0.3, -0.25) is 9.59 Å². The molecule has 0 bridgehead atoms. The number of Topliss-reactive ketones (excluding diaryl/α,β-unsaturated/α-hetero) is 1. The van der Waals surface area contributed by atoms with E-state index in [1.807, 2.05) is 30.3 Å². The lowest BCUT2D eigenvalue weighted by atomic mass is 9.89. The maximum Gasteiger partial charge on any atom is 0.304 e. The molecule has 0 radical (unpaired) electrons. The normalized spacial score (nSPS) is 11.9. The highest BCUT2D eigenvalue weighted by atomic mass is 35.5. The number of aliphatic carboxylic acids is 1. The Bertz CT molecular complexity index is 684. The molecule has 0 heterocycles. The van der Waals surface area contributed by atoms with Crippen LogP contribution < -0.4 is 0 Å². The van der Waals surface area contributed by atoms with Gasteiger partial charge in [0.05, 0.1) is 16.5 Å². The predicted molar refractivity (Wildman–Crippen MR) is 86.7 cm³/mol. The van der Waals surface area contributed by atoms with Crippen LogP contribution in [0.15, 0.2) is 48.5 Å². The van der Waals surface area contributed by atoms with Gasteiger partial charge in [-0.25, -0.2) is 0 Å². The Morgan fingerprint density at radius 3 is 2.27 bits per heavy atom. The summed E-state index contributed by atoms with van der Waals surface area (Å²) in [4.78, 5) is 23.6. The fourth-order valence-corrected chi connectivity index (χ4v) is 2.55. The van der Waals surface area contributed by atoms with Crippen LogP contribution in [0.4, 0.5) is 0 Å². The molecule has 2 rings (SSSR count). The standard InChI is InChI=1S/C17H14Cl2O3/c18-14-7-6-12(9-15(14)19)17(22)13(10-16(20)21)8-11-4-2-1-3-5-11/h1-7,9,13H,8,10H2,(H,20,21). The van der Waals surface area contributed by atoms with Crippen LogP contribution in [-0.4, -0.2) is 16.9 Å². The summed E-state index contributed by atoms with van der Waals surface area (Å²) < 4.78 is 0. The number of carboxylic acid groups (broad SMARTS) is 1. The summed E-state index contributed by atoms with van der Waals surface area (Å²) in [5.41, 5.74) is 1.29. The lowest BCUT2D eigenvalue weighted by molar-refractivity contribution is -0.137. The molecule has 114 valence electrons. The molecule has 0 fully saturated rings. The second-order valence-electron chi connectivity index (χ2n) is 4.98. The van der Waals surface area contributed by atoms with Gasteiger partial charge in [-0.2, -0.15) is 0 Å². The number of carbonyl (C=O) groups is 2. The minimum atomic E-state index is -1.01. The Labute approximate surface area is 138 Å². The molecule has 0 saturated heterocycles. The largest absolute Gasteiger partial charge is 0.481 e. The van der Waals surface area contributed by atoms with E-state index < -0.39 is 11.9 Å². The number of rotatable bonds is 6. The van der Waals surface area contributed by atoms with Crippen molar-refractivity contribution in [1.29, 1.82) is 0 Å². The van der Waals surface area contributed by atoms with Crippen molar-refractivity contribution < 1.29 is 14.7 Å². The Kier molecular flexibility index (Phi) is 5.58. The van der Waals surface area contributed by atoms with Crippen molar-refractivity contribution in [3.63, 3.8) is 0 Å². The monoisotopic (exact) mass is 336 g/mol. The first-order valence-electron chi connectivity index (χ1n) is 6.72. The lowest BCUT2D eigenvalue weighted by Gasteiger charge is -2.14. The average molecular weight is 337 g/mol. The topological polar surface area (TPSA) is 54.4 Å². The average Bonchev–Trinajstić information content (AvgIpc) is 2.49. The number of halogens is 2. The molecule has 0 saturated carbocycles. The highest BCUT2D eigenvalue weighted by Gasteiger charge is 2.23. The number of benzene rings is 2. The molecule has 0 spiro atoms. The maximum absolute atomic E-state index is 12.6. The van der Waals surface area contributed by atoms with E-state index in [9.17, 15) is 9.59 Å². The summed E-state index contributed by atoms with van der Waals surface area (Å²) in [7, 11) is 0. The molecule has 2 aromatic carbocycles. The summed E-state index contributed by atoms with van der Waals surface area (Å²) in [5.74, 6) is -1.89. The second-order valence-corrected chi connectivity index (χ2v) is 5.79. The number of ketones is 1. The van der Waals surface area contributed by atoms with Crippen LogP contribution >= 0.6 is 23.2 Å². The van der Waals surface area contributed by atoms with Gasteiger partial charge in [0.2, 0.25) is 0 Å². The Balaban J connectivity index is 2.25. The molecule has 1 atom stereocenters. The molecule has 0 aromatic heterocycles. The summed E-state index contributed by atoms with van der Waals surface area (Å²) in [6.45, 7) is 0. The van der Waals surface area contributed by atoms with Gasteiger partial charge in [-0.05, 0) is 30.2 Å². The van der Waals surface area contributed by atoms with Gasteiger partial charge in [0, 0.05) is 11.5 Å². The third kappa shape index (κ3) is 4.33. The van der Waals surface area contributed by atoms with Crippen molar-refractivity contribution in [1.82, 2.24) is 0 Å². The predicted octanol–water partition coefficient (Wildman–Crippen LogP) is 4.51. The molecule has 3 nitrogen and oxygen atoms in total. The van der Waals surface area contributed by atoms with Crippen molar-refractivity contribution in [3.8, 4) is 0 Å². The highest BCUT2D eigenvalue weighted by Crippen LogP contribution is 2.25. The Morgan fingerprint density at radius 1 is 1.00 bits per heavy atom. The van der Waals surface area contributed by atoms with Crippen LogP contribution in [0.5, 0.6) is 0 Å². The van der Waals surface area contributed by atoms with E-state index in [1.165, 1.54) is 12.1 Å². The van der Waals surface area contributed by atoms with E-state index >= 15 is 0 Å². The van der Waals surface area contributed by atoms with Crippen LogP contribution in [0, 0.1) is 5.92 Å². The quantitative estimate of drug-likeness (QED) is 0.789. The zero-order valence-electron chi connectivity index (χ0n) is 11.6. The minimum absolute atomic E-state index is 0.228. The third-order valence-corrected chi connectivity index (χ3v) is 4.06. The molecule has 0 aliphatic carbocycles. The molecule has 5 heteroatoms. The molecule has 2 aromatic rings.